The Kier molecular flexibility index (Phi) is 3.61. The van der Waals surface area contributed by atoms with Gasteiger partial charge in [0.25, 0.3) is 0 Å². The predicted molar refractivity (Wildman–Crippen MR) is 91.9 cm³/mol. The van der Waals surface area contributed by atoms with Crippen molar-refractivity contribution in [2.24, 2.45) is 0 Å². The van der Waals surface area contributed by atoms with Gasteiger partial charge in [0.15, 0.2) is 0 Å². The van der Waals surface area contributed by atoms with Gasteiger partial charge in [-0.15, -0.1) is 0 Å². The first-order valence-electron chi connectivity index (χ1n) is 8.15. The Labute approximate surface area is 136 Å². The average molecular weight is 301 g/mol. The van der Waals surface area contributed by atoms with Crippen LogP contribution in [-0.4, -0.2) is 12.6 Å². The van der Waals surface area contributed by atoms with Crippen molar-refractivity contribution in [3.8, 4) is 6.07 Å². The van der Waals surface area contributed by atoms with Crippen LogP contribution in [0.25, 0.3) is 0 Å². The van der Waals surface area contributed by atoms with Crippen molar-refractivity contribution in [3.63, 3.8) is 0 Å². The van der Waals surface area contributed by atoms with Gasteiger partial charge in [-0.2, -0.15) is 5.26 Å². The van der Waals surface area contributed by atoms with Gasteiger partial charge in [0.1, 0.15) is 11.8 Å². The Balaban J connectivity index is 1.86. The fourth-order valence-electron chi connectivity index (χ4n) is 3.71. The van der Waals surface area contributed by atoms with Crippen LogP contribution in [0.4, 0.5) is 5.69 Å². The van der Waals surface area contributed by atoms with Gasteiger partial charge in [0, 0.05) is 18.3 Å². The molecule has 0 aliphatic carbocycles. The Bertz CT molecular complexity index is 773. The molecule has 0 unspecified atom stereocenters. The van der Waals surface area contributed by atoms with Gasteiger partial charge in [0.05, 0.1) is 6.04 Å². The van der Waals surface area contributed by atoms with Crippen LogP contribution in [-0.2, 0) is 0 Å². The smallest absolute Gasteiger partial charge is 0.117 e. The van der Waals surface area contributed by atoms with Gasteiger partial charge in [-0.1, -0.05) is 48.5 Å². The molecular formula is C20H19N3. The molecular weight excluding hydrogens is 282 g/mol. The van der Waals surface area contributed by atoms with E-state index in [4.69, 9.17) is 0 Å². The molecule has 114 valence electrons. The second-order valence-electron chi connectivity index (χ2n) is 6.11. The van der Waals surface area contributed by atoms with E-state index in [9.17, 15) is 5.26 Å². The van der Waals surface area contributed by atoms with E-state index in [-0.39, 0.29) is 6.04 Å². The number of anilines is 1. The third kappa shape index (κ3) is 2.42. The number of allylic oxidation sites excluding steroid dienone is 2. The molecule has 3 nitrogen and oxygen atoms in total. The number of nitrogens with zero attached hydrogens (tertiary/aromatic N) is 2. The van der Waals surface area contributed by atoms with E-state index in [1.165, 1.54) is 11.1 Å². The van der Waals surface area contributed by atoms with E-state index in [1.54, 1.807) is 0 Å². The minimum absolute atomic E-state index is 0.165. The summed E-state index contributed by atoms with van der Waals surface area (Å²) in [5.41, 5.74) is 4.44. The molecule has 0 spiro atoms. The normalized spacial score (nSPS) is 23.1. The minimum atomic E-state index is 0.165. The van der Waals surface area contributed by atoms with Crippen LogP contribution in [0.3, 0.4) is 0 Å². The molecule has 4 rings (SSSR count). The molecule has 2 aliphatic heterocycles. The molecule has 0 amide bonds. The molecule has 0 aromatic heterocycles. The summed E-state index contributed by atoms with van der Waals surface area (Å²) < 4.78 is 0. The summed E-state index contributed by atoms with van der Waals surface area (Å²) in [5, 5.41) is 13.3. The number of fused-ring (bicyclic) bond motifs is 3. The third-order valence-corrected chi connectivity index (χ3v) is 4.77. The Morgan fingerprint density at radius 1 is 1.04 bits per heavy atom. The maximum atomic E-state index is 9.55. The quantitative estimate of drug-likeness (QED) is 0.872. The van der Waals surface area contributed by atoms with Crippen LogP contribution in [0.2, 0.25) is 0 Å². The standard InChI is InChI=1S/C20H19N3/c21-13-16-9-6-10-17-14-22-20(15-7-2-1-3-8-15)18-11-4-5-12-19(18)23(16)17/h1-5,7-9,11-12,17,20,22H,6,10,14H2/t17-,20+/m1/s1. The van der Waals surface area contributed by atoms with E-state index in [2.05, 4.69) is 70.9 Å². The van der Waals surface area contributed by atoms with Crippen molar-refractivity contribution in [2.45, 2.75) is 24.9 Å². The fourth-order valence-corrected chi connectivity index (χ4v) is 3.71. The first kappa shape index (κ1) is 14.0. The Morgan fingerprint density at radius 3 is 2.65 bits per heavy atom. The average Bonchev–Trinajstić information content (AvgIpc) is 2.79. The first-order chi connectivity index (χ1) is 11.4. The van der Waals surface area contributed by atoms with Crippen LogP contribution in [0.5, 0.6) is 0 Å². The molecule has 2 heterocycles. The van der Waals surface area contributed by atoms with Gasteiger partial charge >= 0.3 is 0 Å². The molecule has 2 aliphatic rings. The number of nitriles is 1. The molecule has 0 fully saturated rings. The maximum absolute atomic E-state index is 9.55. The summed E-state index contributed by atoms with van der Waals surface area (Å²) in [4.78, 5) is 2.23. The summed E-state index contributed by atoms with van der Waals surface area (Å²) >= 11 is 0. The largest absolute Gasteiger partial charge is 0.328 e. The second-order valence-corrected chi connectivity index (χ2v) is 6.11. The van der Waals surface area contributed by atoms with Crippen LogP contribution >= 0.6 is 0 Å². The Morgan fingerprint density at radius 2 is 1.83 bits per heavy atom. The third-order valence-electron chi connectivity index (χ3n) is 4.77. The zero-order valence-electron chi connectivity index (χ0n) is 12.9. The SMILES string of the molecule is N#CC1=CCC[C@@H]2CN[C@@H](c3ccccc3)c3ccccc3N12. The molecule has 0 radical (unpaired) electrons. The minimum Gasteiger partial charge on any atom is -0.328 e. The highest BCUT2D eigenvalue weighted by atomic mass is 15.2. The first-order valence-corrected chi connectivity index (χ1v) is 8.15. The van der Waals surface area contributed by atoms with Crippen molar-refractivity contribution in [1.29, 1.82) is 5.26 Å². The van der Waals surface area contributed by atoms with Gasteiger partial charge in [0.2, 0.25) is 0 Å². The van der Waals surface area contributed by atoms with Crippen molar-refractivity contribution in [2.75, 3.05) is 11.4 Å². The van der Waals surface area contributed by atoms with E-state index >= 15 is 0 Å². The lowest BCUT2D eigenvalue weighted by atomic mass is 9.96. The summed E-state index contributed by atoms with van der Waals surface area (Å²) in [6, 6.07) is 21.9. The molecule has 1 N–H and O–H groups in total. The van der Waals surface area contributed by atoms with Crippen molar-refractivity contribution >= 4 is 5.69 Å². The van der Waals surface area contributed by atoms with Crippen LogP contribution in [0, 0.1) is 11.3 Å². The number of nitrogens with one attached hydrogen (secondary N) is 1. The maximum Gasteiger partial charge on any atom is 0.117 e. The summed E-state index contributed by atoms with van der Waals surface area (Å²) in [6.07, 6.45) is 4.12. The summed E-state index contributed by atoms with van der Waals surface area (Å²) in [5.74, 6) is 0. The molecule has 23 heavy (non-hydrogen) atoms. The van der Waals surface area contributed by atoms with Crippen molar-refractivity contribution < 1.29 is 0 Å². The van der Waals surface area contributed by atoms with Crippen molar-refractivity contribution in [1.82, 2.24) is 5.32 Å². The summed E-state index contributed by atoms with van der Waals surface area (Å²) in [6.45, 7) is 0.882. The monoisotopic (exact) mass is 301 g/mol. The molecule has 0 bridgehead atoms. The lowest BCUT2D eigenvalue weighted by Gasteiger charge is -2.34. The topological polar surface area (TPSA) is 39.1 Å². The van der Waals surface area contributed by atoms with Gasteiger partial charge in [-0.3, -0.25) is 0 Å². The highest BCUT2D eigenvalue weighted by Gasteiger charge is 2.32. The Hall–Kier alpha value is -2.57. The molecule has 2 aromatic carbocycles. The van der Waals surface area contributed by atoms with Crippen LogP contribution in [0.1, 0.15) is 30.0 Å². The molecule has 0 saturated carbocycles. The highest BCUT2D eigenvalue weighted by Crippen LogP contribution is 2.38. The number of rotatable bonds is 1. The van der Waals surface area contributed by atoms with Crippen molar-refractivity contribution in [3.05, 3.63) is 77.5 Å². The molecule has 2 atom stereocenters. The number of benzene rings is 2. The lowest BCUT2D eigenvalue weighted by Crippen LogP contribution is -2.41. The lowest BCUT2D eigenvalue weighted by molar-refractivity contribution is 0.510. The zero-order valence-corrected chi connectivity index (χ0v) is 12.9. The highest BCUT2D eigenvalue weighted by molar-refractivity contribution is 5.65. The van der Waals surface area contributed by atoms with E-state index in [1.807, 2.05) is 6.07 Å². The molecule has 0 saturated heterocycles. The fraction of sp³-hybridized carbons (Fsp3) is 0.250. The zero-order chi connectivity index (χ0) is 15.6. The van der Waals surface area contributed by atoms with E-state index < -0.39 is 0 Å². The van der Waals surface area contributed by atoms with Crippen LogP contribution < -0.4 is 10.2 Å². The number of para-hydroxylation sites is 1. The summed E-state index contributed by atoms with van der Waals surface area (Å²) in [7, 11) is 0. The van der Waals surface area contributed by atoms with Gasteiger partial charge in [-0.05, 0) is 36.1 Å². The second kappa shape index (κ2) is 5.91. The van der Waals surface area contributed by atoms with Crippen LogP contribution in [0.15, 0.2) is 66.4 Å². The number of hydrogen-bond donors (Lipinski definition) is 1. The predicted octanol–water partition coefficient (Wildman–Crippen LogP) is 3.76. The van der Waals surface area contributed by atoms with Gasteiger partial charge < -0.3 is 10.2 Å². The van der Waals surface area contributed by atoms with Gasteiger partial charge in [-0.25, -0.2) is 0 Å². The van der Waals surface area contributed by atoms with E-state index in [0.717, 1.165) is 30.8 Å². The van der Waals surface area contributed by atoms with E-state index in [0.29, 0.717) is 6.04 Å². The number of hydrogen-bond acceptors (Lipinski definition) is 3. The molecule has 3 heteroatoms. The molecule has 2 aromatic rings.